The molecule has 3 fully saturated rings. The van der Waals surface area contributed by atoms with Crippen molar-refractivity contribution < 1.29 is 5.11 Å². The summed E-state index contributed by atoms with van der Waals surface area (Å²) in [6, 6.07) is 1.26. The third-order valence-electron chi connectivity index (χ3n) is 5.76. The maximum absolute atomic E-state index is 9.58. The van der Waals surface area contributed by atoms with Crippen molar-refractivity contribution in [3.63, 3.8) is 0 Å². The summed E-state index contributed by atoms with van der Waals surface area (Å²) in [5, 5.41) is 13.4. The number of aliphatic hydroxyl groups is 1. The summed E-state index contributed by atoms with van der Waals surface area (Å²) in [4.78, 5) is 2.60. The predicted octanol–water partition coefficient (Wildman–Crippen LogP) is 2.54. The first-order valence-corrected chi connectivity index (χ1v) is 8.90. The molecule has 3 aliphatic rings. The van der Waals surface area contributed by atoms with Crippen LogP contribution < -0.4 is 5.32 Å². The van der Waals surface area contributed by atoms with E-state index in [4.69, 9.17) is 0 Å². The van der Waals surface area contributed by atoms with Crippen LogP contribution in [-0.4, -0.2) is 48.3 Å². The number of rotatable bonds is 6. The second kappa shape index (κ2) is 6.76. The molecule has 0 amide bonds. The van der Waals surface area contributed by atoms with Gasteiger partial charge < -0.3 is 10.4 Å². The van der Waals surface area contributed by atoms with Crippen LogP contribution in [0.1, 0.15) is 64.2 Å². The lowest BCUT2D eigenvalue weighted by atomic mass is 9.79. The minimum absolute atomic E-state index is 0.353. The maximum Gasteiger partial charge on any atom is 0.0586 e. The molecule has 1 saturated heterocycles. The SMILES string of the molecule is OCC1CCCN1CC1(CNC2CC2)CCCCCC1. The fourth-order valence-electron chi connectivity index (χ4n) is 4.26. The molecule has 116 valence electrons. The van der Waals surface area contributed by atoms with Crippen molar-refractivity contribution in [3.05, 3.63) is 0 Å². The number of likely N-dealkylation sites (tertiary alicyclic amines) is 1. The molecule has 1 atom stereocenters. The third-order valence-corrected chi connectivity index (χ3v) is 5.76. The second-order valence-electron chi connectivity index (χ2n) is 7.52. The molecule has 3 rings (SSSR count). The molecular formula is C17H32N2O. The first kappa shape index (κ1) is 14.8. The molecule has 2 aliphatic carbocycles. The molecule has 3 heteroatoms. The number of hydrogen-bond acceptors (Lipinski definition) is 3. The van der Waals surface area contributed by atoms with Crippen molar-refractivity contribution >= 4 is 0 Å². The highest BCUT2D eigenvalue weighted by molar-refractivity contribution is 4.93. The van der Waals surface area contributed by atoms with Gasteiger partial charge in [-0.15, -0.1) is 0 Å². The average molecular weight is 280 g/mol. The van der Waals surface area contributed by atoms with E-state index in [0.717, 1.165) is 6.04 Å². The quantitative estimate of drug-likeness (QED) is 0.734. The van der Waals surface area contributed by atoms with Crippen LogP contribution in [0.15, 0.2) is 0 Å². The number of hydrogen-bond donors (Lipinski definition) is 2. The summed E-state index contributed by atoms with van der Waals surface area (Å²) in [7, 11) is 0. The molecule has 3 nitrogen and oxygen atoms in total. The summed E-state index contributed by atoms with van der Waals surface area (Å²) in [5.41, 5.74) is 0.483. The summed E-state index contributed by atoms with van der Waals surface area (Å²) in [6.07, 6.45) is 13.7. The summed E-state index contributed by atoms with van der Waals surface area (Å²) < 4.78 is 0. The highest BCUT2D eigenvalue weighted by atomic mass is 16.3. The number of nitrogens with one attached hydrogen (secondary N) is 1. The Morgan fingerprint density at radius 3 is 2.40 bits per heavy atom. The van der Waals surface area contributed by atoms with Gasteiger partial charge in [-0.3, -0.25) is 4.90 Å². The fraction of sp³-hybridized carbons (Fsp3) is 1.00. The molecule has 1 aliphatic heterocycles. The lowest BCUT2D eigenvalue weighted by molar-refractivity contribution is 0.0890. The Kier molecular flexibility index (Phi) is 5.00. The van der Waals surface area contributed by atoms with Crippen LogP contribution in [-0.2, 0) is 0 Å². The van der Waals surface area contributed by atoms with Crippen LogP contribution in [0.25, 0.3) is 0 Å². The monoisotopic (exact) mass is 280 g/mol. The highest BCUT2D eigenvalue weighted by Crippen LogP contribution is 2.38. The van der Waals surface area contributed by atoms with Crippen LogP contribution in [0.2, 0.25) is 0 Å². The second-order valence-corrected chi connectivity index (χ2v) is 7.52. The van der Waals surface area contributed by atoms with Crippen LogP contribution in [0.3, 0.4) is 0 Å². The third kappa shape index (κ3) is 3.75. The van der Waals surface area contributed by atoms with Gasteiger partial charge in [0.25, 0.3) is 0 Å². The van der Waals surface area contributed by atoms with Gasteiger partial charge in [0, 0.05) is 25.2 Å². The zero-order chi connectivity index (χ0) is 13.8. The van der Waals surface area contributed by atoms with E-state index < -0.39 is 0 Å². The normalized spacial score (nSPS) is 31.4. The van der Waals surface area contributed by atoms with E-state index in [1.165, 1.54) is 83.8 Å². The molecule has 2 N–H and O–H groups in total. The van der Waals surface area contributed by atoms with Crippen molar-refractivity contribution in [3.8, 4) is 0 Å². The van der Waals surface area contributed by atoms with Gasteiger partial charge in [-0.1, -0.05) is 25.7 Å². The Bertz CT molecular complexity index is 295. The summed E-state index contributed by atoms with van der Waals surface area (Å²) >= 11 is 0. The minimum atomic E-state index is 0.353. The highest BCUT2D eigenvalue weighted by Gasteiger charge is 2.37. The zero-order valence-corrected chi connectivity index (χ0v) is 12.9. The minimum Gasteiger partial charge on any atom is -0.395 e. The molecule has 1 heterocycles. The number of aliphatic hydroxyl groups excluding tert-OH is 1. The van der Waals surface area contributed by atoms with Gasteiger partial charge in [0.05, 0.1) is 6.61 Å². The standard InChI is InChI=1S/C17H32N2O/c20-12-16-6-5-11-19(16)14-17(13-18-15-7-8-15)9-3-1-2-4-10-17/h15-16,18,20H,1-14H2. The van der Waals surface area contributed by atoms with Gasteiger partial charge in [0.2, 0.25) is 0 Å². The maximum atomic E-state index is 9.58. The Labute approximate surface area is 124 Å². The van der Waals surface area contributed by atoms with Gasteiger partial charge in [-0.05, 0) is 50.5 Å². The van der Waals surface area contributed by atoms with Crippen LogP contribution >= 0.6 is 0 Å². The summed E-state index contributed by atoms with van der Waals surface area (Å²) in [6.45, 7) is 3.99. The smallest absolute Gasteiger partial charge is 0.0586 e. The van der Waals surface area contributed by atoms with Crippen LogP contribution in [0.4, 0.5) is 0 Å². The lowest BCUT2D eigenvalue weighted by Gasteiger charge is -2.39. The molecular weight excluding hydrogens is 248 g/mol. The van der Waals surface area contributed by atoms with Crippen molar-refractivity contribution in [1.29, 1.82) is 0 Å². The van der Waals surface area contributed by atoms with E-state index in [2.05, 4.69) is 10.2 Å². The predicted molar refractivity (Wildman–Crippen MR) is 82.8 cm³/mol. The van der Waals surface area contributed by atoms with Gasteiger partial charge in [-0.25, -0.2) is 0 Å². The first-order valence-electron chi connectivity index (χ1n) is 8.90. The van der Waals surface area contributed by atoms with E-state index in [9.17, 15) is 5.11 Å². The molecule has 2 saturated carbocycles. The average Bonchev–Trinajstić information content (AvgIpc) is 3.22. The Morgan fingerprint density at radius 1 is 1.00 bits per heavy atom. The van der Waals surface area contributed by atoms with Gasteiger partial charge in [0.15, 0.2) is 0 Å². The van der Waals surface area contributed by atoms with Gasteiger partial charge in [-0.2, -0.15) is 0 Å². The van der Waals surface area contributed by atoms with E-state index >= 15 is 0 Å². The van der Waals surface area contributed by atoms with Crippen LogP contribution in [0, 0.1) is 5.41 Å². The lowest BCUT2D eigenvalue weighted by Crippen LogP contribution is -2.46. The molecule has 0 spiro atoms. The Hall–Kier alpha value is -0.120. The molecule has 0 aromatic carbocycles. The molecule has 0 radical (unpaired) electrons. The van der Waals surface area contributed by atoms with E-state index in [0.29, 0.717) is 18.1 Å². The zero-order valence-electron chi connectivity index (χ0n) is 12.9. The molecule has 0 aromatic rings. The van der Waals surface area contributed by atoms with Crippen LogP contribution in [0.5, 0.6) is 0 Å². The Balaban J connectivity index is 1.63. The Morgan fingerprint density at radius 2 is 1.75 bits per heavy atom. The molecule has 1 unspecified atom stereocenters. The van der Waals surface area contributed by atoms with Crippen molar-refractivity contribution in [2.24, 2.45) is 5.41 Å². The first-order chi connectivity index (χ1) is 9.81. The van der Waals surface area contributed by atoms with E-state index in [1.54, 1.807) is 0 Å². The van der Waals surface area contributed by atoms with Gasteiger partial charge >= 0.3 is 0 Å². The van der Waals surface area contributed by atoms with E-state index in [-0.39, 0.29) is 0 Å². The molecule has 0 bridgehead atoms. The largest absolute Gasteiger partial charge is 0.395 e. The van der Waals surface area contributed by atoms with E-state index in [1.807, 2.05) is 0 Å². The number of nitrogens with zero attached hydrogens (tertiary/aromatic N) is 1. The van der Waals surface area contributed by atoms with Crippen molar-refractivity contribution in [1.82, 2.24) is 10.2 Å². The molecule has 0 aromatic heterocycles. The summed E-state index contributed by atoms with van der Waals surface area (Å²) in [5.74, 6) is 0. The fourth-order valence-corrected chi connectivity index (χ4v) is 4.26. The topological polar surface area (TPSA) is 35.5 Å². The van der Waals surface area contributed by atoms with Crippen molar-refractivity contribution in [2.75, 3.05) is 26.2 Å². The van der Waals surface area contributed by atoms with Gasteiger partial charge in [0.1, 0.15) is 0 Å². The van der Waals surface area contributed by atoms with Crippen molar-refractivity contribution in [2.45, 2.75) is 76.3 Å². The molecule has 20 heavy (non-hydrogen) atoms.